The number of nitrogens with zero attached hydrogens (tertiary/aromatic N) is 3. The molecule has 1 N–H and O–H groups in total. The Balaban J connectivity index is 1.53. The zero-order valence-corrected chi connectivity index (χ0v) is 13.4. The number of anilines is 1. The van der Waals surface area contributed by atoms with E-state index in [9.17, 15) is 13.6 Å². The van der Waals surface area contributed by atoms with Gasteiger partial charge in [0, 0.05) is 31.3 Å². The van der Waals surface area contributed by atoms with Gasteiger partial charge in [0.1, 0.15) is 0 Å². The number of aromatic nitrogens is 2. The van der Waals surface area contributed by atoms with Crippen molar-refractivity contribution in [1.82, 2.24) is 14.7 Å². The second-order valence-corrected chi connectivity index (χ2v) is 6.48. The van der Waals surface area contributed by atoms with E-state index < -0.39 is 11.6 Å². The van der Waals surface area contributed by atoms with Crippen LogP contribution in [-0.4, -0.2) is 27.3 Å². The van der Waals surface area contributed by atoms with Crippen LogP contribution in [-0.2, 0) is 20.0 Å². The molecule has 0 bridgehead atoms. The molecule has 2 aliphatic rings. The standard InChI is InChI=1S/C17H18F2N4O/c1-22-9-14(16(21-22)11-2-3-11)20-17(24)23-7-6-10-4-5-13(18)15(19)12(10)8-23/h4-5,9,11H,2-3,6-8H2,1H3,(H,20,24). The van der Waals surface area contributed by atoms with Crippen LogP contribution in [0.4, 0.5) is 19.3 Å². The minimum atomic E-state index is -0.876. The number of carbonyl (C=O) groups excluding carboxylic acids is 1. The maximum atomic E-state index is 14.0. The van der Waals surface area contributed by atoms with Crippen molar-refractivity contribution in [3.63, 3.8) is 0 Å². The van der Waals surface area contributed by atoms with Gasteiger partial charge in [-0.3, -0.25) is 4.68 Å². The summed E-state index contributed by atoms with van der Waals surface area (Å²) >= 11 is 0. The number of urea groups is 1. The Labute approximate surface area is 138 Å². The first-order chi connectivity index (χ1) is 11.5. The molecule has 1 fully saturated rings. The van der Waals surface area contributed by atoms with E-state index in [1.807, 2.05) is 7.05 Å². The molecule has 0 atom stereocenters. The number of benzene rings is 1. The second-order valence-electron chi connectivity index (χ2n) is 6.48. The molecule has 0 radical (unpaired) electrons. The van der Waals surface area contributed by atoms with Gasteiger partial charge in [-0.15, -0.1) is 0 Å². The van der Waals surface area contributed by atoms with Gasteiger partial charge < -0.3 is 10.2 Å². The highest BCUT2D eigenvalue weighted by Gasteiger charge is 2.31. The van der Waals surface area contributed by atoms with Crippen LogP contribution in [0.5, 0.6) is 0 Å². The number of aryl methyl sites for hydroxylation is 1. The first-order valence-electron chi connectivity index (χ1n) is 8.08. The molecule has 4 rings (SSSR count). The summed E-state index contributed by atoms with van der Waals surface area (Å²) in [7, 11) is 1.82. The Bertz CT molecular complexity index is 813. The van der Waals surface area contributed by atoms with E-state index in [1.165, 1.54) is 4.90 Å². The lowest BCUT2D eigenvalue weighted by atomic mass is 9.99. The van der Waals surface area contributed by atoms with Gasteiger partial charge in [0.25, 0.3) is 0 Å². The van der Waals surface area contributed by atoms with Crippen LogP contribution in [0.1, 0.15) is 35.6 Å². The summed E-state index contributed by atoms with van der Waals surface area (Å²) in [5.41, 5.74) is 2.64. The minimum absolute atomic E-state index is 0.0732. The molecule has 1 aromatic carbocycles. The molecular formula is C17H18F2N4O. The topological polar surface area (TPSA) is 50.2 Å². The second kappa shape index (κ2) is 5.58. The number of carbonyl (C=O) groups is 1. The highest BCUT2D eigenvalue weighted by Crippen LogP contribution is 2.42. The largest absolute Gasteiger partial charge is 0.322 e. The number of rotatable bonds is 2. The van der Waals surface area contributed by atoms with Crippen LogP contribution in [0, 0.1) is 11.6 Å². The summed E-state index contributed by atoms with van der Waals surface area (Å²) in [4.78, 5) is 14.0. The monoisotopic (exact) mass is 332 g/mol. The fourth-order valence-corrected chi connectivity index (χ4v) is 3.19. The van der Waals surface area contributed by atoms with E-state index in [2.05, 4.69) is 10.4 Å². The van der Waals surface area contributed by atoms with Gasteiger partial charge in [-0.25, -0.2) is 13.6 Å². The van der Waals surface area contributed by atoms with Crippen molar-refractivity contribution in [3.8, 4) is 0 Å². The molecule has 2 aromatic rings. The van der Waals surface area contributed by atoms with E-state index in [-0.39, 0.29) is 18.1 Å². The van der Waals surface area contributed by atoms with Gasteiger partial charge in [-0.1, -0.05) is 6.07 Å². The predicted molar refractivity (Wildman–Crippen MR) is 84.7 cm³/mol. The average molecular weight is 332 g/mol. The van der Waals surface area contributed by atoms with Crippen molar-refractivity contribution in [2.75, 3.05) is 11.9 Å². The fourth-order valence-electron chi connectivity index (χ4n) is 3.19. The smallest absolute Gasteiger partial charge is 0.320 e. The zero-order chi connectivity index (χ0) is 16.8. The Morgan fingerprint density at radius 2 is 2.12 bits per heavy atom. The van der Waals surface area contributed by atoms with E-state index in [1.54, 1.807) is 16.9 Å². The molecule has 1 aliphatic heterocycles. The summed E-state index contributed by atoms with van der Waals surface area (Å²) in [5.74, 6) is -1.32. The zero-order valence-electron chi connectivity index (χ0n) is 13.4. The average Bonchev–Trinajstić information content (AvgIpc) is 3.34. The number of fused-ring (bicyclic) bond motifs is 1. The minimum Gasteiger partial charge on any atom is -0.320 e. The van der Waals surface area contributed by atoms with Crippen molar-refractivity contribution in [2.45, 2.75) is 31.7 Å². The van der Waals surface area contributed by atoms with Crippen LogP contribution < -0.4 is 5.32 Å². The van der Waals surface area contributed by atoms with Crippen LogP contribution in [0.25, 0.3) is 0 Å². The summed E-state index contributed by atoms with van der Waals surface area (Å²) in [6.07, 6.45) is 4.47. The third-order valence-corrected chi connectivity index (χ3v) is 4.64. The van der Waals surface area contributed by atoms with Crippen LogP contribution in [0.3, 0.4) is 0 Å². The van der Waals surface area contributed by atoms with Crippen molar-refractivity contribution in [3.05, 3.63) is 46.8 Å². The molecule has 2 heterocycles. The molecular weight excluding hydrogens is 314 g/mol. The summed E-state index contributed by atoms with van der Waals surface area (Å²) in [6.45, 7) is 0.548. The normalized spacial score (nSPS) is 16.9. The lowest BCUT2D eigenvalue weighted by molar-refractivity contribution is 0.205. The van der Waals surface area contributed by atoms with E-state index in [0.29, 0.717) is 24.6 Å². The number of hydrogen-bond donors (Lipinski definition) is 1. The molecule has 24 heavy (non-hydrogen) atoms. The fraction of sp³-hybridized carbons (Fsp3) is 0.412. The molecule has 126 valence electrons. The third-order valence-electron chi connectivity index (χ3n) is 4.64. The van der Waals surface area contributed by atoms with Crippen molar-refractivity contribution < 1.29 is 13.6 Å². The first kappa shape index (κ1) is 15.1. The van der Waals surface area contributed by atoms with Gasteiger partial charge in [-0.2, -0.15) is 5.10 Å². The summed E-state index contributed by atoms with van der Waals surface area (Å²) in [6, 6.07) is 2.43. The van der Waals surface area contributed by atoms with Gasteiger partial charge in [0.05, 0.1) is 17.9 Å². The van der Waals surface area contributed by atoms with Crippen molar-refractivity contribution in [1.29, 1.82) is 0 Å². The molecule has 0 spiro atoms. The maximum absolute atomic E-state index is 14.0. The van der Waals surface area contributed by atoms with E-state index >= 15 is 0 Å². The quantitative estimate of drug-likeness (QED) is 0.918. The molecule has 1 aliphatic carbocycles. The van der Waals surface area contributed by atoms with Crippen LogP contribution >= 0.6 is 0 Å². The predicted octanol–water partition coefficient (Wildman–Crippen LogP) is 3.17. The number of nitrogens with one attached hydrogen (secondary N) is 1. The van der Waals surface area contributed by atoms with Crippen LogP contribution in [0.2, 0.25) is 0 Å². The number of halogens is 2. The molecule has 5 nitrogen and oxygen atoms in total. The van der Waals surface area contributed by atoms with E-state index in [0.717, 1.165) is 30.2 Å². The number of amides is 2. The Morgan fingerprint density at radius 1 is 1.33 bits per heavy atom. The van der Waals surface area contributed by atoms with Crippen molar-refractivity contribution in [2.24, 2.45) is 7.05 Å². The third kappa shape index (κ3) is 2.64. The highest BCUT2D eigenvalue weighted by atomic mass is 19.2. The summed E-state index contributed by atoms with van der Waals surface area (Å²) in [5, 5.41) is 7.28. The van der Waals surface area contributed by atoms with Crippen molar-refractivity contribution >= 4 is 11.7 Å². The summed E-state index contributed by atoms with van der Waals surface area (Å²) < 4.78 is 29.1. The molecule has 7 heteroatoms. The van der Waals surface area contributed by atoms with E-state index in [4.69, 9.17) is 0 Å². The Morgan fingerprint density at radius 3 is 2.88 bits per heavy atom. The highest BCUT2D eigenvalue weighted by molar-refractivity contribution is 5.90. The first-order valence-corrected chi connectivity index (χ1v) is 8.08. The molecule has 2 amide bonds. The lowest BCUT2D eigenvalue weighted by Gasteiger charge is -2.29. The van der Waals surface area contributed by atoms with Crippen LogP contribution in [0.15, 0.2) is 18.3 Å². The van der Waals surface area contributed by atoms with Gasteiger partial charge in [-0.05, 0) is 30.9 Å². The maximum Gasteiger partial charge on any atom is 0.322 e. The molecule has 0 unspecified atom stereocenters. The molecule has 1 saturated carbocycles. The number of hydrogen-bond acceptors (Lipinski definition) is 2. The Kier molecular flexibility index (Phi) is 3.51. The SMILES string of the molecule is Cn1cc(NC(=O)N2CCc3ccc(F)c(F)c3C2)c(C2CC2)n1. The van der Waals surface area contributed by atoms with Gasteiger partial charge in [0.2, 0.25) is 0 Å². The molecule has 0 saturated heterocycles. The lowest BCUT2D eigenvalue weighted by Crippen LogP contribution is -2.39. The Hall–Kier alpha value is -2.44. The molecule has 1 aromatic heterocycles. The van der Waals surface area contributed by atoms with Gasteiger partial charge >= 0.3 is 6.03 Å². The van der Waals surface area contributed by atoms with Gasteiger partial charge in [0.15, 0.2) is 11.6 Å².